The van der Waals surface area contributed by atoms with Gasteiger partial charge in [0.05, 0.1) is 23.5 Å². The molecule has 6 heteroatoms. The fourth-order valence-corrected chi connectivity index (χ4v) is 2.15. The maximum Gasteiger partial charge on any atom is 0.269 e. The lowest BCUT2D eigenvalue weighted by Gasteiger charge is -2.00. The molecule has 2 heterocycles. The van der Waals surface area contributed by atoms with Gasteiger partial charge in [-0.25, -0.2) is 0 Å². The van der Waals surface area contributed by atoms with Gasteiger partial charge in [-0.15, -0.1) is 0 Å². The summed E-state index contributed by atoms with van der Waals surface area (Å²) in [6.45, 7) is 0.326. The van der Waals surface area contributed by atoms with Crippen molar-refractivity contribution in [3.63, 3.8) is 0 Å². The van der Waals surface area contributed by atoms with E-state index in [1.54, 1.807) is 30.5 Å². The molecule has 3 aromatic rings. The van der Waals surface area contributed by atoms with E-state index in [4.69, 9.17) is 16.0 Å². The van der Waals surface area contributed by atoms with E-state index in [1.165, 1.54) is 0 Å². The Balaban J connectivity index is 1.73. The van der Waals surface area contributed by atoms with Crippen LogP contribution in [0.3, 0.4) is 0 Å². The van der Waals surface area contributed by atoms with Gasteiger partial charge in [0.1, 0.15) is 11.5 Å². The van der Waals surface area contributed by atoms with Crippen molar-refractivity contribution in [3.8, 4) is 11.3 Å². The molecule has 2 aromatic heterocycles. The van der Waals surface area contributed by atoms with Crippen molar-refractivity contribution in [2.75, 3.05) is 0 Å². The van der Waals surface area contributed by atoms with Gasteiger partial charge in [0.25, 0.3) is 5.91 Å². The average Bonchev–Trinajstić information content (AvgIpc) is 3.17. The van der Waals surface area contributed by atoms with E-state index in [1.807, 2.05) is 18.2 Å². The molecule has 106 valence electrons. The predicted molar refractivity (Wildman–Crippen MR) is 78.9 cm³/mol. The zero-order valence-corrected chi connectivity index (χ0v) is 11.7. The highest BCUT2D eigenvalue weighted by atomic mass is 35.5. The van der Waals surface area contributed by atoms with Crippen LogP contribution in [0.4, 0.5) is 0 Å². The molecule has 21 heavy (non-hydrogen) atoms. The number of nitrogens with zero attached hydrogens (tertiary/aromatic N) is 1. The maximum absolute atomic E-state index is 12.0. The van der Waals surface area contributed by atoms with Crippen molar-refractivity contribution in [1.82, 2.24) is 15.5 Å². The van der Waals surface area contributed by atoms with Crippen molar-refractivity contribution in [2.45, 2.75) is 6.54 Å². The van der Waals surface area contributed by atoms with Gasteiger partial charge in [0.15, 0.2) is 0 Å². The van der Waals surface area contributed by atoms with E-state index >= 15 is 0 Å². The molecule has 0 aliphatic rings. The molecule has 0 aliphatic heterocycles. The van der Waals surface area contributed by atoms with Crippen LogP contribution in [-0.4, -0.2) is 16.1 Å². The van der Waals surface area contributed by atoms with Crippen LogP contribution < -0.4 is 5.32 Å². The summed E-state index contributed by atoms with van der Waals surface area (Å²) >= 11 is 6.11. The van der Waals surface area contributed by atoms with E-state index in [9.17, 15) is 4.79 Å². The summed E-state index contributed by atoms with van der Waals surface area (Å²) in [6, 6.07) is 12.6. The number of carbonyl (C=O) groups is 1. The zero-order chi connectivity index (χ0) is 14.7. The van der Waals surface area contributed by atoms with E-state index < -0.39 is 0 Å². The standard InChI is InChI=1S/C15H12ClN3O2/c16-12-6-2-1-5-11(12)13-8-14(19-18-13)15(20)17-9-10-4-3-7-21-10/h1-8H,9H2,(H,17,20)(H,18,19). The highest BCUT2D eigenvalue weighted by molar-refractivity contribution is 6.33. The zero-order valence-electron chi connectivity index (χ0n) is 11.0. The van der Waals surface area contributed by atoms with Crippen molar-refractivity contribution in [2.24, 2.45) is 0 Å². The number of hydrogen-bond donors (Lipinski definition) is 2. The monoisotopic (exact) mass is 301 g/mol. The summed E-state index contributed by atoms with van der Waals surface area (Å²) in [6.07, 6.45) is 1.56. The number of aromatic amines is 1. The van der Waals surface area contributed by atoms with Crippen molar-refractivity contribution in [1.29, 1.82) is 0 Å². The van der Waals surface area contributed by atoms with Crippen molar-refractivity contribution < 1.29 is 9.21 Å². The molecule has 0 radical (unpaired) electrons. The third-order valence-electron chi connectivity index (χ3n) is 2.98. The minimum Gasteiger partial charge on any atom is -0.467 e. The summed E-state index contributed by atoms with van der Waals surface area (Å²) < 4.78 is 5.15. The number of benzene rings is 1. The normalized spacial score (nSPS) is 10.5. The van der Waals surface area contributed by atoms with Crippen LogP contribution in [-0.2, 0) is 6.54 Å². The van der Waals surface area contributed by atoms with Crippen LogP contribution in [0.25, 0.3) is 11.3 Å². The Morgan fingerprint density at radius 2 is 2.14 bits per heavy atom. The number of furan rings is 1. The molecule has 0 saturated heterocycles. The Labute approximate surface area is 125 Å². The highest BCUT2D eigenvalue weighted by Gasteiger charge is 2.12. The van der Waals surface area contributed by atoms with Crippen LogP contribution in [0.2, 0.25) is 5.02 Å². The molecule has 3 rings (SSSR count). The summed E-state index contributed by atoms with van der Waals surface area (Å²) in [5, 5.41) is 10.2. The first-order chi connectivity index (χ1) is 10.2. The Hall–Kier alpha value is -2.53. The summed E-state index contributed by atoms with van der Waals surface area (Å²) in [4.78, 5) is 12.0. The number of rotatable bonds is 4. The lowest BCUT2D eigenvalue weighted by atomic mass is 10.1. The largest absolute Gasteiger partial charge is 0.467 e. The molecule has 0 bridgehead atoms. The third kappa shape index (κ3) is 2.98. The van der Waals surface area contributed by atoms with Gasteiger partial charge in [-0.3, -0.25) is 9.89 Å². The van der Waals surface area contributed by atoms with Crippen molar-refractivity contribution >= 4 is 17.5 Å². The minimum absolute atomic E-state index is 0.253. The fraction of sp³-hybridized carbons (Fsp3) is 0.0667. The molecule has 1 aromatic carbocycles. The lowest BCUT2D eigenvalue weighted by molar-refractivity contribution is 0.0943. The first kappa shape index (κ1) is 13.5. The van der Waals surface area contributed by atoms with E-state index in [0.29, 0.717) is 28.7 Å². The van der Waals surface area contributed by atoms with Crippen LogP contribution >= 0.6 is 11.6 Å². The lowest BCUT2D eigenvalue weighted by Crippen LogP contribution is -2.22. The summed E-state index contributed by atoms with van der Waals surface area (Å²) in [7, 11) is 0. The molecule has 0 atom stereocenters. The molecular weight excluding hydrogens is 290 g/mol. The quantitative estimate of drug-likeness (QED) is 0.777. The van der Waals surface area contributed by atoms with Gasteiger partial charge in [0, 0.05) is 5.56 Å². The smallest absolute Gasteiger partial charge is 0.269 e. The Bertz CT molecular complexity index is 750. The number of amides is 1. The van der Waals surface area contributed by atoms with E-state index in [0.717, 1.165) is 5.56 Å². The topological polar surface area (TPSA) is 70.9 Å². The highest BCUT2D eigenvalue weighted by Crippen LogP contribution is 2.26. The Morgan fingerprint density at radius 3 is 2.90 bits per heavy atom. The van der Waals surface area contributed by atoms with Crippen LogP contribution in [0.15, 0.2) is 53.1 Å². The van der Waals surface area contributed by atoms with Crippen LogP contribution in [0.5, 0.6) is 0 Å². The van der Waals surface area contributed by atoms with E-state index in [-0.39, 0.29) is 5.91 Å². The second-order valence-corrected chi connectivity index (χ2v) is 4.82. The van der Waals surface area contributed by atoms with Crippen molar-refractivity contribution in [3.05, 3.63) is 65.2 Å². The molecule has 0 saturated carbocycles. The third-order valence-corrected chi connectivity index (χ3v) is 3.31. The first-order valence-electron chi connectivity index (χ1n) is 6.35. The number of aromatic nitrogens is 2. The number of carbonyl (C=O) groups excluding carboxylic acids is 1. The summed E-state index contributed by atoms with van der Waals surface area (Å²) in [5.41, 5.74) is 1.78. The molecule has 5 nitrogen and oxygen atoms in total. The maximum atomic E-state index is 12.0. The number of hydrogen-bond acceptors (Lipinski definition) is 3. The molecule has 0 aliphatic carbocycles. The average molecular weight is 302 g/mol. The molecule has 0 spiro atoms. The van der Waals surface area contributed by atoms with Crippen LogP contribution in [0, 0.1) is 0 Å². The van der Waals surface area contributed by atoms with E-state index in [2.05, 4.69) is 15.5 Å². The van der Waals surface area contributed by atoms with Gasteiger partial charge in [-0.05, 0) is 24.3 Å². The first-order valence-corrected chi connectivity index (χ1v) is 6.73. The molecule has 1 amide bonds. The number of halogens is 1. The number of H-pyrrole nitrogens is 1. The number of nitrogens with one attached hydrogen (secondary N) is 2. The van der Waals surface area contributed by atoms with Gasteiger partial charge in [-0.1, -0.05) is 29.8 Å². The molecule has 0 unspecified atom stereocenters. The molecule has 2 N–H and O–H groups in total. The summed E-state index contributed by atoms with van der Waals surface area (Å²) in [5.74, 6) is 0.436. The minimum atomic E-state index is -0.253. The predicted octanol–water partition coefficient (Wildman–Crippen LogP) is 3.25. The molecule has 0 fully saturated rings. The van der Waals surface area contributed by atoms with Gasteiger partial charge >= 0.3 is 0 Å². The molecular formula is C15H12ClN3O2. The Morgan fingerprint density at radius 1 is 1.29 bits per heavy atom. The van der Waals surface area contributed by atoms with Gasteiger partial charge in [0.2, 0.25) is 0 Å². The van der Waals surface area contributed by atoms with Gasteiger partial charge < -0.3 is 9.73 Å². The second kappa shape index (κ2) is 5.85. The SMILES string of the molecule is O=C(NCc1ccco1)c1cc(-c2ccccc2Cl)n[nH]1. The Kier molecular flexibility index (Phi) is 3.75. The second-order valence-electron chi connectivity index (χ2n) is 4.41. The fourth-order valence-electron chi connectivity index (χ4n) is 1.92. The van der Waals surface area contributed by atoms with Gasteiger partial charge in [-0.2, -0.15) is 5.10 Å². The van der Waals surface area contributed by atoms with Crippen LogP contribution in [0.1, 0.15) is 16.2 Å².